The Labute approximate surface area is 224 Å². The fraction of sp³-hybridized carbons (Fsp3) is 0.214. The van der Waals surface area contributed by atoms with Crippen LogP contribution < -0.4 is 16.2 Å². The number of anilines is 1. The number of carbonyl (C=O) groups excluding carboxylic acids is 2. The van der Waals surface area contributed by atoms with Crippen LogP contribution in [0.1, 0.15) is 24.0 Å². The van der Waals surface area contributed by atoms with E-state index in [4.69, 9.17) is 11.6 Å². The zero-order valence-corrected chi connectivity index (χ0v) is 21.9. The van der Waals surface area contributed by atoms with Crippen molar-refractivity contribution in [2.75, 3.05) is 11.1 Å². The Hall–Kier alpha value is -3.62. The first-order chi connectivity index (χ1) is 17.9. The average molecular weight is 535 g/mol. The van der Waals surface area contributed by atoms with Gasteiger partial charge in [-0.3, -0.25) is 19.0 Å². The predicted molar refractivity (Wildman–Crippen MR) is 149 cm³/mol. The van der Waals surface area contributed by atoms with Gasteiger partial charge in [0, 0.05) is 30.2 Å². The van der Waals surface area contributed by atoms with Crippen LogP contribution in [0.2, 0.25) is 5.02 Å². The number of aryl methyl sites for hydroxylation is 1. The van der Waals surface area contributed by atoms with Crippen molar-refractivity contribution < 1.29 is 9.59 Å². The van der Waals surface area contributed by atoms with Gasteiger partial charge in [-0.1, -0.05) is 71.9 Å². The van der Waals surface area contributed by atoms with Gasteiger partial charge in [0.15, 0.2) is 5.16 Å². The maximum absolute atomic E-state index is 13.2. The Morgan fingerprint density at radius 3 is 2.54 bits per heavy atom. The van der Waals surface area contributed by atoms with Crippen LogP contribution in [-0.4, -0.2) is 27.1 Å². The summed E-state index contributed by atoms with van der Waals surface area (Å²) in [6, 6.07) is 22.1. The van der Waals surface area contributed by atoms with E-state index < -0.39 is 0 Å². The summed E-state index contributed by atoms with van der Waals surface area (Å²) < 4.78 is 1.55. The minimum Gasteiger partial charge on any atom is -0.352 e. The number of para-hydroxylation sites is 1. The summed E-state index contributed by atoms with van der Waals surface area (Å²) in [5, 5.41) is 7.24. The van der Waals surface area contributed by atoms with E-state index in [-0.39, 0.29) is 29.5 Å². The minimum absolute atomic E-state index is 0.0633. The summed E-state index contributed by atoms with van der Waals surface area (Å²) >= 11 is 7.34. The molecule has 0 fully saturated rings. The lowest BCUT2D eigenvalue weighted by Gasteiger charge is -2.13. The van der Waals surface area contributed by atoms with Gasteiger partial charge >= 0.3 is 0 Å². The molecule has 0 bridgehead atoms. The van der Waals surface area contributed by atoms with Gasteiger partial charge in [0.05, 0.1) is 16.7 Å². The molecule has 0 aliphatic heterocycles. The molecule has 4 rings (SSSR count). The van der Waals surface area contributed by atoms with Crippen molar-refractivity contribution in [3.63, 3.8) is 0 Å². The highest BCUT2D eigenvalue weighted by molar-refractivity contribution is 7.99. The van der Waals surface area contributed by atoms with Crippen molar-refractivity contribution in [3.05, 3.63) is 99.3 Å². The third-order valence-corrected chi connectivity index (χ3v) is 7.12. The van der Waals surface area contributed by atoms with Crippen LogP contribution in [-0.2, 0) is 22.7 Å². The summed E-state index contributed by atoms with van der Waals surface area (Å²) in [4.78, 5) is 42.8. The highest BCUT2D eigenvalue weighted by Gasteiger charge is 2.14. The maximum atomic E-state index is 13.2. The Bertz CT molecular complexity index is 1470. The third-order valence-electron chi connectivity index (χ3n) is 5.73. The molecule has 0 saturated heterocycles. The number of halogens is 1. The molecule has 0 radical (unpaired) electrons. The van der Waals surface area contributed by atoms with Gasteiger partial charge in [-0.05, 0) is 48.7 Å². The van der Waals surface area contributed by atoms with Gasteiger partial charge in [-0.25, -0.2) is 4.98 Å². The number of rotatable bonds is 10. The van der Waals surface area contributed by atoms with Crippen LogP contribution in [0.25, 0.3) is 10.9 Å². The lowest BCUT2D eigenvalue weighted by molar-refractivity contribution is -0.121. The van der Waals surface area contributed by atoms with E-state index in [0.717, 1.165) is 11.1 Å². The standard InChI is InChI=1S/C28H27ClN4O3S/c1-19-13-14-21(16-23(19)29)31-26(35)18-37-28-32-24-11-6-5-10-22(24)27(36)33(28)15-7-12-25(34)30-17-20-8-3-2-4-9-20/h2-6,8-11,13-14,16H,7,12,15,17-18H2,1H3,(H,30,34)(H,31,35). The summed E-state index contributed by atoms with van der Waals surface area (Å²) in [7, 11) is 0. The van der Waals surface area contributed by atoms with E-state index >= 15 is 0 Å². The first-order valence-corrected chi connectivity index (χ1v) is 13.3. The van der Waals surface area contributed by atoms with Crippen molar-refractivity contribution in [2.45, 2.75) is 38.0 Å². The van der Waals surface area contributed by atoms with Gasteiger partial charge < -0.3 is 10.6 Å². The van der Waals surface area contributed by atoms with Crippen LogP contribution in [0.15, 0.2) is 82.7 Å². The molecule has 37 heavy (non-hydrogen) atoms. The molecule has 190 valence electrons. The maximum Gasteiger partial charge on any atom is 0.262 e. The summed E-state index contributed by atoms with van der Waals surface area (Å²) in [5.74, 6) is -0.261. The second-order valence-electron chi connectivity index (χ2n) is 8.54. The first kappa shape index (κ1) is 26.4. The molecule has 0 unspecified atom stereocenters. The second kappa shape index (κ2) is 12.6. The van der Waals surface area contributed by atoms with E-state index in [9.17, 15) is 14.4 Å². The lowest BCUT2D eigenvalue weighted by Crippen LogP contribution is -2.26. The highest BCUT2D eigenvalue weighted by Crippen LogP contribution is 2.22. The van der Waals surface area contributed by atoms with Gasteiger partial charge in [-0.15, -0.1) is 0 Å². The average Bonchev–Trinajstić information content (AvgIpc) is 2.90. The molecular weight excluding hydrogens is 508 g/mol. The van der Waals surface area contributed by atoms with Crippen molar-refractivity contribution in [1.82, 2.24) is 14.9 Å². The molecule has 4 aromatic rings. The zero-order chi connectivity index (χ0) is 26.2. The normalized spacial score (nSPS) is 10.9. The quantitative estimate of drug-likeness (QED) is 0.216. The van der Waals surface area contributed by atoms with Crippen LogP contribution in [0.5, 0.6) is 0 Å². The number of aromatic nitrogens is 2. The molecule has 0 aliphatic carbocycles. The van der Waals surface area contributed by atoms with E-state index in [0.29, 0.717) is 46.3 Å². The van der Waals surface area contributed by atoms with Gasteiger partial charge in [0.25, 0.3) is 5.56 Å². The number of benzene rings is 3. The fourth-order valence-corrected chi connectivity index (χ4v) is 4.74. The van der Waals surface area contributed by atoms with Crippen molar-refractivity contribution in [3.8, 4) is 0 Å². The van der Waals surface area contributed by atoms with Crippen LogP contribution >= 0.6 is 23.4 Å². The molecular formula is C28H27ClN4O3S. The number of nitrogens with zero attached hydrogens (tertiary/aromatic N) is 2. The van der Waals surface area contributed by atoms with Gasteiger partial charge in [0.2, 0.25) is 11.8 Å². The van der Waals surface area contributed by atoms with Crippen molar-refractivity contribution in [1.29, 1.82) is 0 Å². The molecule has 7 nitrogen and oxygen atoms in total. The topological polar surface area (TPSA) is 93.1 Å². The Morgan fingerprint density at radius 1 is 1.00 bits per heavy atom. The lowest BCUT2D eigenvalue weighted by atomic mass is 10.2. The Kier molecular flexibility index (Phi) is 8.98. The van der Waals surface area contributed by atoms with E-state index in [1.54, 1.807) is 34.9 Å². The monoisotopic (exact) mass is 534 g/mol. The summed E-state index contributed by atoms with van der Waals surface area (Å²) in [5.41, 5.74) is 2.93. The van der Waals surface area contributed by atoms with E-state index in [1.165, 1.54) is 11.8 Å². The molecule has 9 heteroatoms. The van der Waals surface area contributed by atoms with Gasteiger partial charge in [-0.2, -0.15) is 0 Å². The third kappa shape index (κ3) is 7.21. The number of hydrogen-bond donors (Lipinski definition) is 2. The molecule has 1 heterocycles. The number of hydrogen-bond acceptors (Lipinski definition) is 5. The summed E-state index contributed by atoms with van der Waals surface area (Å²) in [6.07, 6.45) is 0.729. The molecule has 1 aromatic heterocycles. The number of carbonyl (C=O) groups is 2. The van der Waals surface area contributed by atoms with Crippen LogP contribution in [0.4, 0.5) is 5.69 Å². The summed E-state index contributed by atoms with van der Waals surface area (Å²) in [6.45, 7) is 2.66. The molecule has 0 atom stereocenters. The SMILES string of the molecule is Cc1ccc(NC(=O)CSc2nc3ccccc3c(=O)n2CCCC(=O)NCc2ccccc2)cc1Cl. The van der Waals surface area contributed by atoms with Crippen molar-refractivity contribution >= 4 is 51.8 Å². The Balaban J connectivity index is 1.41. The van der Waals surface area contributed by atoms with Crippen LogP contribution in [0, 0.1) is 6.92 Å². The minimum atomic E-state index is -0.237. The van der Waals surface area contributed by atoms with Crippen molar-refractivity contribution in [2.24, 2.45) is 0 Å². The first-order valence-electron chi connectivity index (χ1n) is 11.9. The Morgan fingerprint density at radius 2 is 1.76 bits per heavy atom. The van der Waals surface area contributed by atoms with Gasteiger partial charge in [0.1, 0.15) is 0 Å². The number of nitrogens with one attached hydrogen (secondary N) is 2. The smallest absolute Gasteiger partial charge is 0.262 e. The van der Waals surface area contributed by atoms with Crippen LogP contribution in [0.3, 0.4) is 0 Å². The molecule has 3 aromatic carbocycles. The molecule has 0 saturated carbocycles. The number of fused-ring (bicyclic) bond motifs is 1. The molecule has 2 N–H and O–H groups in total. The highest BCUT2D eigenvalue weighted by atomic mass is 35.5. The van der Waals surface area contributed by atoms with E-state index in [1.807, 2.05) is 49.4 Å². The largest absolute Gasteiger partial charge is 0.352 e. The number of amides is 2. The second-order valence-corrected chi connectivity index (χ2v) is 9.88. The molecule has 2 amide bonds. The fourth-order valence-electron chi connectivity index (χ4n) is 3.74. The zero-order valence-electron chi connectivity index (χ0n) is 20.4. The molecule has 0 spiro atoms. The predicted octanol–water partition coefficient (Wildman–Crippen LogP) is 5.19. The van der Waals surface area contributed by atoms with E-state index in [2.05, 4.69) is 15.6 Å². The molecule has 0 aliphatic rings. The number of thioether (sulfide) groups is 1.